The summed E-state index contributed by atoms with van der Waals surface area (Å²) in [6.07, 6.45) is 1.61. The molecule has 31 heavy (non-hydrogen) atoms. The SMILES string of the molecule is CN1CCN(c2ccc(CNC(=O)CCNS(=O)(=O)c3ccc(F)c(F)c3)cn2)CC1. The van der Waals surface area contributed by atoms with Crippen LogP contribution in [0.4, 0.5) is 14.6 Å². The van der Waals surface area contributed by atoms with Gasteiger partial charge in [-0.25, -0.2) is 26.9 Å². The van der Waals surface area contributed by atoms with Crippen molar-refractivity contribution in [3.05, 3.63) is 53.7 Å². The highest BCUT2D eigenvalue weighted by molar-refractivity contribution is 7.89. The predicted molar refractivity (Wildman–Crippen MR) is 112 cm³/mol. The zero-order valence-electron chi connectivity index (χ0n) is 17.1. The van der Waals surface area contributed by atoms with Crippen molar-refractivity contribution in [1.29, 1.82) is 0 Å². The second-order valence-corrected chi connectivity index (χ2v) is 9.08. The molecule has 1 amide bonds. The number of halogens is 2. The molecule has 1 saturated heterocycles. The van der Waals surface area contributed by atoms with Crippen molar-refractivity contribution in [1.82, 2.24) is 19.9 Å². The molecule has 168 valence electrons. The zero-order chi connectivity index (χ0) is 22.4. The molecule has 0 saturated carbocycles. The Hall–Kier alpha value is -2.63. The fraction of sp³-hybridized carbons (Fsp3) is 0.400. The highest BCUT2D eigenvalue weighted by atomic mass is 32.2. The number of piperazine rings is 1. The van der Waals surface area contributed by atoms with Gasteiger partial charge in [0.2, 0.25) is 15.9 Å². The summed E-state index contributed by atoms with van der Waals surface area (Å²) < 4.78 is 52.6. The lowest BCUT2D eigenvalue weighted by atomic mass is 10.2. The fourth-order valence-corrected chi connectivity index (χ4v) is 4.10. The average Bonchev–Trinajstić information content (AvgIpc) is 2.75. The van der Waals surface area contributed by atoms with E-state index in [9.17, 15) is 22.0 Å². The Balaban J connectivity index is 1.42. The third kappa shape index (κ3) is 6.42. The number of nitrogens with one attached hydrogen (secondary N) is 2. The van der Waals surface area contributed by atoms with Crippen LogP contribution in [0.25, 0.3) is 0 Å². The number of pyridine rings is 1. The van der Waals surface area contributed by atoms with E-state index < -0.39 is 26.6 Å². The van der Waals surface area contributed by atoms with Gasteiger partial charge in [-0.2, -0.15) is 0 Å². The summed E-state index contributed by atoms with van der Waals surface area (Å²) in [5.74, 6) is -1.84. The van der Waals surface area contributed by atoms with Gasteiger partial charge in [-0.3, -0.25) is 4.79 Å². The molecule has 2 N–H and O–H groups in total. The maximum atomic E-state index is 13.2. The topological polar surface area (TPSA) is 94.6 Å². The Labute approximate surface area is 180 Å². The summed E-state index contributed by atoms with van der Waals surface area (Å²) in [5.41, 5.74) is 0.827. The van der Waals surface area contributed by atoms with Gasteiger partial charge in [0, 0.05) is 51.9 Å². The van der Waals surface area contributed by atoms with E-state index in [1.54, 1.807) is 6.20 Å². The number of aromatic nitrogens is 1. The van der Waals surface area contributed by atoms with E-state index in [-0.39, 0.29) is 25.4 Å². The molecular weight excluding hydrogens is 428 g/mol. The van der Waals surface area contributed by atoms with Gasteiger partial charge in [0.25, 0.3) is 0 Å². The highest BCUT2D eigenvalue weighted by Gasteiger charge is 2.17. The fourth-order valence-electron chi connectivity index (χ4n) is 3.06. The van der Waals surface area contributed by atoms with E-state index in [1.807, 2.05) is 12.1 Å². The van der Waals surface area contributed by atoms with E-state index in [0.29, 0.717) is 6.07 Å². The number of carbonyl (C=O) groups excluding carboxylic acids is 1. The molecule has 1 fully saturated rings. The van der Waals surface area contributed by atoms with Gasteiger partial charge in [0.15, 0.2) is 11.6 Å². The first-order chi connectivity index (χ1) is 14.7. The normalized spacial score (nSPS) is 15.1. The lowest BCUT2D eigenvalue weighted by Crippen LogP contribution is -2.44. The monoisotopic (exact) mass is 453 g/mol. The van der Waals surface area contributed by atoms with Gasteiger partial charge in [-0.1, -0.05) is 6.07 Å². The average molecular weight is 454 g/mol. The van der Waals surface area contributed by atoms with Crippen LogP contribution in [0.1, 0.15) is 12.0 Å². The smallest absolute Gasteiger partial charge is 0.240 e. The quantitative estimate of drug-likeness (QED) is 0.622. The first-order valence-corrected chi connectivity index (χ1v) is 11.3. The lowest BCUT2D eigenvalue weighted by molar-refractivity contribution is -0.121. The van der Waals surface area contributed by atoms with Crippen molar-refractivity contribution in [2.75, 3.05) is 44.7 Å². The van der Waals surface area contributed by atoms with Crippen molar-refractivity contribution in [2.24, 2.45) is 0 Å². The summed E-state index contributed by atoms with van der Waals surface area (Å²) in [5, 5.41) is 2.70. The third-order valence-corrected chi connectivity index (χ3v) is 6.43. The predicted octanol–water partition coefficient (Wildman–Crippen LogP) is 1.10. The number of rotatable bonds is 8. The van der Waals surface area contributed by atoms with Crippen LogP contribution in [0.2, 0.25) is 0 Å². The molecule has 3 rings (SSSR count). The molecule has 0 atom stereocenters. The van der Waals surface area contributed by atoms with Gasteiger partial charge in [-0.15, -0.1) is 0 Å². The molecule has 0 radical (unpaired) electrons. The summed E-state index contributed by atoms with van der Waals surface area (Å²) in [7, 11) is -1.95. The number of hydrogen-bond donors (Lipinski definition) is 2. The Morgan fingerprint density at radius 1 is 1.10 bits per heavy atom. The Kier molecular flexibility index (Phi) is 7.52. The molecule has 1 aromatic carbocycles. The maximum Gasteiger partial charge on any atom is 0.240 e. The van der Waals surface area contributed by atoms with Crippen molar-refractivity contribution < 1.29 is 22.0 Å². The third-order valence-electron chi connectivity index (χ3n) is 4.97. The minimum Gasteiger partial charge on any atom is -0.354 e. The zero-order valence-corrected chi connectivity index (χ0v) is 18.0. The Morgan fingerprint density at radius 2 is 1.84 bits per heavy atom. The largest absolute Gasteiger partial charge is 0.354 e. The summed E-state index contributed by atoms with van der Waals surface area (Å²) in [6, 6.07) is 6.10. The Bertz CT molecular complexity index is 1010. The van der Waals surface area contributed by atoms with Crippen LogP contribution in [-0.4, -0.2) is 64.0 Å². The number of anilines is 1. The van der Waals surface area contributed by atoms with Crippen molar-refractivity contribution in [2.45, 2.75) is 17.9 Å². The highest BCUT2D eigenvalue weighted by Crippen LogP contribution is 2.14. The molecular formula is C20H25F2N5O3S. The first kappa shape index (κ1) is 23.0. The van der Waals surface area contributed by atoms with E-state index in [0.717, 1.165) is 49.7 Å². The number of amides is 1. The number of hydrogen-bond acceptors (Lipinski definition) is 6. The minimum atomic E-state index is -4.04. The molecule has 8 nitrogen and oxygen atoms in total. The van der Waals surface area contributed by atoms with Crippen LogP contribution >= 0.6 is 0 Å². The van der Waals surface area contributed by atoms with Gasteiger partial charge in [0.05, 0.1) is 4.90 Å². The van der Waals surface area contributed by atoms with Crippen LogP contribution in [0.3, 0.4) is 0 Å². The van der Waals surface area contributed by atoms with E-state index >= 15 is 0 Å². The van der Waals surface area contributed by atoms with Gasteiger partial charge < -0.3 is 15.1 Å². The van der Waals surface area contributed by atoms with Crippen LogP contribution < -0.4 is 14.9 Å². The van der Waals surface area contributed by atoms with Gasteiger partial charge >= 0.3 is 0 Å². The number of benzene rings is 1. The van der Waals surface area contributed by atoms with Gasteiger partial charge in [-0.05, 0) is 36.9 Å². The molecule has 1 aliphatic rings. The van der Waals surface area contributed by atoms with Crippen LogP contribution in [0, 0.1) is 11.6 Å². The van der Waals surface area contributed by atoms with Crippen molar-refractivity contribution >= 4 is 21.7 Å². The van der Waals surface area contributed by atoms with Gasteiger partial charge in [0.1, 0.15) is 5.82 Å². The molecule has 0 bridgehead atoms. The molecule has 0 unspecified atom stereocenters. The molecule has 0 aliphatic carbocycles. The van der Waals surface area contributed by atoms with E-state index in [2.05, 4.69) is 31.9 Å². The number of nitrogens with zero attached hydrogens (tertiary/aromatic N) is 3. The second kappa shape index (κ2) is 10.1. The molecule has 1 aliphatic heterocycles. The first-order valence-electron chi connectivity index (χ1n) is 9.84. The lowest BCUT2D eigenvalue weighted by Gasteiger charge is -2.33. The molecule has 1 aromatic heterocycles. The molecule has 11 heteroatoms. The minimum absolute atomic E-state index is 0.101. The number of likely N-dealkylation sites (N-methyl/N-ethyl adjacent to an activating group) is 1. The number of sulfonamides is 1. The van der Waals surface area contributed by atoms with Crippen LogP contribution in [0.15, 0.2) is 41.4 Å². The van der Waals surface area contributed by atoms with Crippen LogP contribution in [-0.2, 0) is 21.4 Å². The van der Waals surface area contributed by atoms with Crippen LogP contribution in [0.5, 0.6) is 0 Å². The van der Waals surface area contributed by atoms with Crippen molar-refractivity contribution in [3.63, 3.8) is 0 Å². The summed E-state index contributed by atoms with van der Waals surface area (Å²) >= 11 is 0. The molecule has 2 aromatic rings. The van der Waals surface area contributed by atoms with E-state index in [4.69, 9.17) is 0 Å². The molecule has 2 heterocycles. The maximum absolute atomic E-state index is 13.2. The van der Waals surface area contributed by atoms with Crippen molar-refractivity contribution in [3.8, 4) is 0 Å². The molecule has 0 spiro atoms. The number of carbonyl (C=O) groups is 1. The Morgan fingerprint density at radius 3 is 2.48 bits per heavy atom. The standard InChI is InChI=1S/C20H25F2N5O3S/c1-26-8-10-27(11-9-26)19-5-2-15(13-23-19)14-24-20(28)6-7-25-31(29,30)16-3-4-17(21)18(22)12-16/h2-5,12-13,25H,6-11,14H2,1H3,(H,24,28). The summed E-state index contributed by atoms with van der Waals surface area (Å²) in [6.45, 7) is 3.90. The van der Waals surface area contributed by atoms with E-state index in [1.165, 1.54) is 0 Å². The summed E-state index contributed by atoms with van der Waals surface area (Å²) in [4.78, 5) is 20.5. The second-order valence-electron chi connectivity index (χ2n) is 7.32.